The molecule has 0 radical (unpaired) electrons. The van der Waals surface area contributed by atoms with Gasteiger partial charge in [0.1, 0.15) is 6.29 Å². The second kappa shape index (κ2) is 6.15. The van der Waals surface area contributed by atoms with E-state index in [0.717, 1.165) is 24.7 Å². The average molecular weight is 282 g/mol. The summed E-state index contributed by atoms with van der Waals surface area (Å²) in [5.41, 5.74) is 0.957. The molecule has 0 bridgehead atoms. The van der Waals surface area contributed by atoms with Crippen LogP contribution in [-0.2, 0) is 11.2 Å². The molecule has 0 aromatic heterocycles. The summed E-state index contributed by atoms with van der Waals surface area (Å²) in [5.74, 6) is -0.109. The maximum Gasteiger partial charge on any atom is 0.207 e. The highest BCUT2D eigenvalue weighted by atomic mass is 35.5. The minimum Gasteiger partial charge on any atom is -0.303 e. The number of aldehydes is 1. The van der Waals surface area contributed by atoms with E-state index in [1.165, 1.54) is 0 Å². The van der Waals surface area contributed by atoms with Gasteiger partial charge in [0, 0.05) is 21.8 Å². The molecule has 4 nitrogen and oxygen atoms in total. The van der Waals surface area contributed by atoms with E-state index in [1.807, 2.05) is 18.2 Å². The highest BCUT2D eigenvalue weighted by Gasteiger charge is 2.39. The number of rotatable bonds is 7. The Bertz CT molecular complexity index is 474. The number of carbonyl (C=O) groups excluding carboxylic acids is 1. The van der Waals surface area contributed by atoms with Crippen molar-refractivity contribution >= 4 is 17.9 Å². The van der Waals surface area contributed by atoms with Gasteiger partial charge < -0.3 is 4.79 Å². The molecule has 1 fully saturated rings. The van der Waals surface area contributed by atoms with Crippen LogP contribution in [0.5, 0.6) is 0 Å². The van der Waals surface area contributed by atoms with Gasteiger partial charge in [-0.25, -0.2) is 0 Å². The van der Waals surface area contributed by atoms with Gasteiger partial charge in [-0.1, -0.05) is 23.7 Å². The second-order valence-electron chi connectivity index (χ2n) is 5.15. The van der Waals surface area contributed by atoms with Crippen LogP contribution >= 0.6 is 11.6 Å². The zero-order valence-corrected chi connectivity index (χ0v) is 11.3. The molecule has 0 amide bonds. The Morgan fingerprint density at radius 2 is 2.21 bits per heavy atom. The SMILES string of the molecule is O=C[C@@H](Cc1cccc(Cl)c1)[C@@H](C[N+](=O)[O-])C1CC1. The first-order valence-corrected chi connectivity index (χ1v) is 6.79. The number of nitro groups is 1. The van der Waals surface area contributed by atoms with Crippen molar-refractivity contribution in [2.24, 2.45) is 17.8 Å². The van der Waals surface area contributed by atoms with Crippen LogP contribution in [0.4, 0.5) is 0 Å². The maximum absolute atomic E-state index is 11.3. The zero-order chi connectivity index (χ0) is 13.8. The summed E-state index contributed by atoms with van der Waals surface area (Å²) in [6, 6.07) is 7.32. The molecule has 1 aliphatic rings. The third-order valence-electron chi connectivity index (χ3n) is 3.67. The molecule has 0 spiro atoms. The highest BCUT2D eigenvalue weighted by Crippen LogP contribution is 2.41. The highest BCUT2D eigenvalue weighted by molar-refractivity contribution is 6.30. The van der Waals surface area contributed by atoms with Crippen molar-refractivity contribution < 1.29 is 9.72 Å². The summed E-state index contributed by atoms with van der Waals surface area (Å²) in [4.78, 5) is 21.7. The molecule has 0 heterocycles. The largest absolute Gasteiger partial charge is 0.303 e. The fourth-order valence-corrected chi connectivity index (χ4v) is 2.78. The number of benzene rings is 1. The lowest BCUT2D eigenvalue weighted by Crippen LogP contribution is -2.27. The van der Waals surface area contributed by atoms with Crippen molar-refractivity contribution in [1.29, 1.82) is 0 Å². The summed E-state index contributed by atoms with van der Waals surface area (Å²) in [5, 5.41) is 11.4. The Hall–Kier alpha value is -1.42. The summed E-state index contributed by atoms with van der Waals surface area (Å²) in [6.45, 7) is -0.116. The lowest BCUT2D eigenvalue weighted by atomic mass is 9.84. The fraction of sp³-hybridized carbons (Fsp3) is 0.500. The molecular formula is C14H16ClNO3. The third kappa shape index (κ3) is 4.03. The van der Waals surface area contributed by atoms with Gasteiger partial charge in [-0.15, -0.1) is 0 Å². The van der Waals surface area contributed by atoms with E-state index in [1.54, 1.807) is 6.07 Å². The standard InChI is InChI=1S/C14H16ClNO3/c15-13-3-1-2-10(7-13)6-12(9-17)14(8-16(18)19)11-4-5-11/h1-3,7,9,11-12,14H,4-6,8H2/t12-,14+/m1/s1. The van der Waals surface area contributed by atoms with Crippen molar-refractivity contribution in [2.75, 3.05) is 6.54 Å². The topological polar surface area (TPSA) is 60.2 Å². The van der Waals surface area contributed by atoms with E-state index >= 15 is 0 Å². The average Bonchev–Trinajstić information content (AvgIpc) is 3.17. The lowest BCUT2D eigenvalue weighted by molar-refractivity contribution is -0.490. The van der Waals surface area contributed by atoms with Crippen molar-refractivity contribution in [2.45, 2.75) is 19.3 Å². The molecule has 5 heteroatoms. The molecule has 0 unspecified atom stereocenters. The van der Waals surface area contributed by atoms with Crippen LogP contribution in [-0.4, -0.2) is 17.8 Å². The number of nitrogens with zero attached hydrogens (tertiary/aromatic N) is 1. The number of hydrogen-bond acceptors (Lipinski definition) is 3. The summed E-state index contributed by atoms with van der Waals surface area (Å²) in [6.07, 6.45) is 3.39. The van der Waals surface area contributed by atoms with Crippen LogP contribution in [0.1, 0.15) is 18.4 Å². The minimum atomic E-state index is -0.308. The molecule has 2 rings (SSSR count). The smallest absolute Gasteiger partial charge is 0.207 e. The van der Waals surface area contributed by atoms with Crippen molar-refractivity contribution in [3.63, 3.8) is 0 Å². The Morgan fingerprint density at radius 1 is 1.47 bits per heavy atom. The van der Waals surface area contributed by atoms with E-state index in [0.29, 0.717) is 17.4 Å². The van der Waals surface area contributed by atoms with Crippen LogP contribution in [0.3, 0.4) is 0 Å². The molecule has 1 aromatic rings. The molecular weight excluding hydrogens is 266 g/mol. The molecule has 0 N–H and O–H groups in total. The zero-order valence-electron chi connectivity index (χ0n) is 10.5. The van der Waals surface area contributed by atoms with E-state index in [9.17, 15) is 14.9 Å². The quantitative estimate of drug-likeness (QED) is 0.438. The first-order chi connectivity index (χ1) is 9.10. The maximum atomic E-state index is 11.3. The Balaban J connectivity index is 2.09. The van der Waals surface area contributed by atoms with E-state index in [2.05, 4.69) is 0 Å². The summed E-state index contributed by atoms with van der Waals surface area (Å²) in [7, 11) is 0. The van der Waals surface area contributed by atoms with Gasteiger partial charge >= 0.3 is 0 Å². The molecule has 0 aliphatic heterocycles. The van der Waals surface area contributed by atoms with Crippen molar-refractivity contribution in [3.8, 4) is 0 Å². The Morgan fingerprint density at radius 3 is 2.74 bits per heavy atom. The van der Waals surface area contributed by atoms with E-state index in [4.69, 9.17) is 11.6 Å². The van der Waals surface area contributed by atoms with Crippen LogP contribution in [0.25, 0.3) is 0 Å². The molecule has 1 saturated carbocycles. The molecule has 1 aliphatic carbocycles. The van der Waals surface area contributed by atoms with Gasteiger partial charge in [0.05, 0.1) is 0 Å². The number of hydrogen-bond donors (Lipinski definition) is 0. The second-order valence-corrected chi connectivity index (χ2v) is 5.59. The third-order valence-corrected chi connectivity index (χ3v) is 3.91. The van der Waals surface area contributed by atoms with Crippen LogP contribution in [0.2, 0.25) is 5.02 Å². The monoisotopic (exact) mass is 281 g/mol. The van der Waals surface area contributed by atoms with Gasteiger partial charge in [0.15, 0.2) is 0 Å². The van der Waals surface area contributed by atoms with Gasteiger partial charge in [0.2, 0.25) is 6.54 Å². The number of carbonyl (C=O) groups is 1. The van der Waals surface area contributed by atoms with Gasteiger partial charge in [-0.3, -0.25) is 10.1 Å². The first-order valence-electron chi connectivity index (χ1n) is 6.41. The summed E-state index contributed by atoms with van der Waals surface area (Å²) >= 11 is 5.91. The number of halogens is 1. The Kier molecular flexibility index (Phi) is 4.53. The predicted molar refractivity (Wildman–Crippen MR) is 72.8 cm³/mol. The van der Waals surface area contributed by atoms with Crippen LogP contribution < -0.4 is 0 Å². The molecule has 19 heavy (non-hydrogen) atoms. The summed E-state index contributed by atoms with van der Waals surface area (Å²) < 4.78 is 0. The lowest BCUT2D eigenvalue weighted by Gasteiger charge is -2.19. The van der Waals surface area contributed by atoms with Crippen molar-refractivity contribution in [1.82, 2.24) is 0 Å². The molecule has 1 aromatic carbocycles. The first kappa shape index (κ1) is 14.0. The van der Waals surface area contributed by atoms with Gasteiger partial charge in [0.25, 0.3) is 0 Å². The molecule has 0 saturated heterocycles. The molecule has 102 valence electrons. The fourth-order valence-electron chi connectivity index (χ4n) is 2.57. The predicted octanol–water partition coefficient (Wildman–Crippen LogP) is 3.00. The molecule has 2 atom stereocenters. The van der Waals surface area contributed by atoms with Gasteiger partial charge in [-0.05, 0) is 42.9 Å². The normalized spacial score (nSPS) is 17.7. The Labute approximate surface area is 116 Å². The van der Waals surface area contributed by atoms with Crippen LogP contribution in [0.15, 0.2) is 24.3 Å². The van der Waals surface area contributed by atoms with Crippen molar-refractivity contribution in [3.05, 3.63) is 45.0 Å². The van der Waals surface area contributed by atoms with E-state index in [-0.39, 0.29) is 23.3 Å². The van der Waals surface area contributed by atoms with E-state index < -0.39 is 0 Å². The van der Waals surface area contributed by atoms with Crippen LogP contribution in [0, 0.1) is 27.9 Å². The minimum absolute atomic E-state index is 0.116. The van der Waals surface area contributed by atoms with Gasteiger partial charge in [-0.2, -0.15) is 0 Å².